The van der Waals surface area contributed by atoms with Crippen LogP contribution in [-0.4, -0.2) is 31.6 Å². The van der Waals surface area contributed by atoms with E-state index in [1.165, 1.54) is 48.3 Å². The van der Waals surface area contributed by atoms with Crippen LogP contribution in [0.5, 0.6) is 0 Å². The maximum Gasteiger partial charge on any atom is 0.0411 e. The van der Waals surface area contributed by atoms with Crippen LogP contribution in [0.4, 0.5) is 0 Å². The van der Waals surface area contributed by atoms with E-state index in [2.05, 4.69) is 41.5 Å². The highest BCUT2D eigenvalue weighted by molar-refractivity contribution is 6.30. The molecular formula is C21H25ClN2. The topological polar surface area (TPSA) is 15.3 Å². The lowest BCUT2D eigenvalue weighted by Crippen LogP contribution is -2.45. The van der Waals surface area contributed by atoms with Crippen molar-refractivity contribution in [3.05, 3.63) is 57.3 Å². The number of nitrogens with zero attached hydrogens (tertiary/aromatic N) is 1. The van der Waals surface area contributed by atoms with Gasteiger partial charge in [-0.3, -0.25) is 0 Å². The number of piperidine rings is 1. The second-order valence-electron chi connectivity index (χ2n) is 8.02. The first-order valence-electron chi connectivity index (χ1n) is 9.34. The number of hydrogen-bond donors (Lipinski definition) is 1. The lowest BCUT2D eigenvalue weighted by molar-refractivity contribution is 0.119. The molecule has 1 N–H and O–H groups in total. The summed E-state index contributed by atoms with van der Waals surface area (Å²) >= 11 is 6.49. The van der Waals surface area contributed by atoms with E-state index in [0.717, 1.165) is 36.2 Å². The number of hydrogen-bond acceptors (Lipinski definition) is 2. The van der Waals surface area contributed by atoms with Gasteiger partial charge in [-0.05, 0) is 85.5 Å². The molecule has 4 aliphatic rings. The molecule has 2 nitrogen and oxygen atoms in total. The Labute approximate surface area is 149 Å². The Kier molecular flexibility index (Phi) is 3.53. The minimum Gasteiger partial charge on any atom is -0.384 e. The molecule has 5 rings (SSSR count). The van der Waals surface area contributed by atoms with Gasteiger partial charge in [0.15, 0.2) is 0 Å². The predicted octanol–water partition coefficient (Wildman–Crippen LogP) is 3.91. The average Bonchev–Trinajstić information content (AvgIpc) is 2.73. The minimum atomic E-state index is 0.558. The molecule has 24 heavy (non-hydrogen) atoms. The second-order valence-corrected chi connectivity index (χ2v) is 8.45. The standard InChI is InChI=1S/C21H25ClN2/c1-24-8-6-18-16(12-24)9-15-11-17(22)10-14-5-4-13-3-2-7-23-21(13)20(18)19(14)15/h2-3,10-11,16,18,20,23H,4-9,12H2,1H3. The van der Waals surface area contributed by atoms with Crippen LogP contribution in [-0.2, 0) is 12.8 Å². The lowest BCUT2D eigenvalue weighted by Gasteiger charge is -2.47. The number of dihydropyridines is 1. The first-order valence-corrected chi connectivity index (χ1v) is 9.71. The lowest BCUT2D eigenvalue weighted by atomic mass is 9.64. The third-order valence-electron chi connectivity index (χ3n) is 6.58. The van der Waals surface area contributed by atoms with Gasteiger partial charge in [0.25, 0.3) is 0 Å². The smallest absolute Gasteiger partial charge is 0.0411 e. The summed E-state index contributed by atoms with van der Waals surface area (Å²) in [6, 6.07) is 4.49. The van der Waals surface area contributed by atoms with Crippen LogP contribution in [0, 0.1) is 11.8 Å². The Morgan fingerprint density at radius 1 is 1.21 bits per heavy atom. The summed E-state index contributed by atoms with van der Waals surface area (Å²) in [4.78, 5) is 2.51. The predicted molar refractivity (Wildman–Crippen MR) is 99.5 cm³/mol. The second kappa shape index (κ2) is 5.64. The van der Waals surface area contributed by atoms with Crippen LogP contribution in [0.1, 0.15) is 35.4 Å². The molecule has 0 radical (unpaired) electrons. The number of benzene rings is 1. The SMILES string of the molecule is CN1CCC2C(Cc3cc(Cl)cc4c3C2C2=C(C=CCN2)CC4)C1. The molecular weight excluding hydrogens is 316 g/mol. The van der Waals surface area contributed by atoms with Gasteiger partial charge in [0.05, 0.1) is 0 Å². The molecule has 2 aliphatic heterocycles. The molecule has 1 saturated heterocycles. The van der Waals surface area contributed by atoms with E-state index in [1.807, 2.05) is 0 Å². The maximum absolute atomic E-state index is 6.49. The number of allylic oxidation sites excluding steroid dienone is 3. The van der Waals surface area contributed by atoms with Gasteiger partial charge in [-0.15, -0.1) is 0 Å². The molecule has 126 valence electrons. The molecule has 1 fully saturated rings. The van der Waals surface area contributed by atoms with Gasteiger partial charge in [0.1, 0.15) is 0 Å². The van der Waals surface area contributed by atoms with Gasteiger partial charge in [0.2, 0.25) is 0 Å². The third kappa shape index (κ3) is 2.27. The zero-order valence-corrected chi connectivity index (χ0v) is 15.1. The monoisotopic (exact) mass is 340 g/mol. The first-order chi connectivity index (χ1) is 11.7. The number of likely N-dealkylation sites (tertiary alicyclic amines) is 1. The number of aryl methyl sites for hydroxylation is 1. The van der Waals surface area contributed by atoms with E-state index < -0.39 is 0 Å². The summed E-state index contributed by atoms with van der Waals surface area (Å²) < 4.78 is 0. The molecule has 2 aliphatic carbocycles. The van der Waals surface area contributed by atoms with Gasteiger partial charge in [-0.1, -0.05) is 23.8 Å². The van der Waals surface area contributed by atoms with Crippen LogP contribution < -0.4 is 5.32 Å². The number of rotatable bonds is 0. The molecule has 1 aromatic rings. The highest BCUT2D eigenvalue weighted by Gasteiger charge is 2.43. The highest BCUT2D eigenvalue weighted by Crippen LogP contribution is 2.51. The van der Waals surface area contributed by atoms with Crippen LogP contribution in [0.2, 0.25) is 5.02 Å². The summed E-state index contributed by atoms with van der Waals surface area (Å²) in [5.41, 5.74) is 7.70. The van der Waals surface area contributed by atoms with Crippen molar-refractivity contribution in [2.24, 2.45) is 11.8 Å². The molecule has 0 amide bonds. The molecule has 2 heterocycles. The van der Waals surface area contributed by atoms with Crippen molar-refractivity contribution < 1.29 is 0 Å². The van der Waals surface area contributed by atoms with E-state index in [4.69, 9.17) is 11.6 Å². The Balaban J connectivity index is 1.71. The average molecular weight is 341 g/mol. The summed E-state index contributed by atoms with van der Waals surface area (Å²) in [5.74, 6) is 2.09. The number of fused-ring (bicyclic) bond motifs is 3. The van der Waals surface area contributed by atoms with Crippen molar-refractivity contribution in [2.75, 3.05) is 26.7 Å². The summed E-state index contributed by atoms with van der Waals surface area (Å²) in [6.07, 6.45) is 9.43. The van der Waals surface area contributed by atoms with E-state index in [-0.39, 0.29) is 0 Å². The Morgan fingerprint density at radius 3 is 3.00 bits per heavy atom. The van der Waals surface area contributed by atoms with E-state index in [9.17, 15) is 0 Å². The molecule has 3 unspecified atom stereocenters. The molecule has 1 aromatic carbocycles. The van der Waals surface area contributed by atoms with Crippen molar-refractivity contribution in [3.63, 3.8) is 0 Å². The van der Waals surface area contributed by atoms with Crippen molar-refractivity contribution in [2.45, 2.75) is 31.6 Å². The fraction of sp³-hybridized carbons (Fsp3) is 0.524. The fourth-order valence-electron chi connectivity index (χ4n) is 5.62. The quantitative estimate of drug-likeness (QED) is 0.770. The maximum atomic E-state index is 6.49. The zero-order valence-electron chi connectivity index (χ0n) is 14.3. The largest absolute Gasteiger partial charge is 0.384 e. The van der Waals surface area contributed by atoms with Crippen LogP contribution in [0.3, 0.4) is 0 Å². The van der Waals surface area contributed by atoms with Crippen molar-refractivity contribution >= 4 is 11.6 Å². The van der Waals surface area contributed by atoms with Crippen LogP contribution in [0.25, 0.3) is 0 Å². The van der Waals surface area contributed by atoms with Gasteiger partial charge >= 0.3 is 0 Å². The van der Waals surface area contributed by atoms with Gasteiger partial charge in [0, 0.05) is 29.7 Å². The first kappa shape index (κ1) is 15.0. The zero-order chi connectivity index (χ0) is 16.3. The Morgan fingerprint density at radius 2 is 2.08 bits per heavy atom. The van der Waals surface area contributed by atoms with Crippen LogP contribution in [0.15, 0.2) is 35.6 Å². The minimum absolute atomic E-state index is 0.558. The third-order valence-corrected chi connectivity index (χ3v) is 6.80. The van der Waals surface area contributed by atoms with Gasteiger partial charge in [-0.2, -0.15) is 0 Å². The number of nitrogens with one attached hydrogen (secondary N) is 1. The van der Waals surface area contributed by atoms with Crippen LogP contribution >= 0.6 is 11.6 Å². The Bertz CT molecular complexity index is 748. The molecule has 3 atom stereocenters. The molecule has 3 heteroatoms. The normalized spacial score (nSPS) is 31.7. The fourth-order valence-corrected chi connectivity index (χ4v) is 5.89. The molecule has 0 spiro atoms. The number of halogens is 1. The molecule has 0 saturated carbocycles. The van der Waals surface area contributed by atoms with E-state index in [1.54, 1.807) is 5.56 Å². The van der Waals surface area contributed by atoms with Gasteiger partial charge < -0.3 is 10.2 Å². The summed E-state index contributed by atoms with van der Waals surface area (Å²) in [7, 11) is 2.27. The summed E-state index contributed by atoms with van der Waals surface area (Å²) in [5, 5.41) is 4.69. The van der Waals surface area contributed by atoms with E-state index >= 15 is 0 Å². The van der Waals surface area contributed by atoms with Gasteiger partial charge in [-0.25, -0.2) is 0 Å². The Hall–Kier alpha value is -1.25. The van der Waals surface area contributed by atoms with E-state index in [0.29, 0.717) is 5.92 Å². The van der Waals surface area contributed by atoms with Crippen molar-refractivity contribution in [1.82, 2.24) is 10.2 Å². The van der Waals surface area contributed by atoms with Crippen molar-refractivity contribution in [1.29, 1.82) is 0 Å². The summed E-state index contributed by atoms with van der Waals surface area (Å²) in [6.45, 7) is 3.43. The highest BCUT2D eigenvalue weighted by atomic mass is 35.5. The molecule has 0 bridgehead atoms. The molecule has 0 aromatic heterocycles. The van der Waals surface area contributed by atoms with Crippen molar-refractivity contribution in [3.8, 4) is 0 Å².